The monoisotopic (exact) mass is 551 g/mol. The van der Waals surface area contributed by atoms with Gasteiger partial charge in [-0.05, 0) is 79.1 Å². The van der Waals surface area contributed by atoms with E-state index in [1.54, 1.807) is 30.3 Å². The molecule has 0 saturated carbocycles. The number of piperidine rings is 1. The molecule has 0 spiro atoms. The maximum Gasteiger partial charge on any atom is 0.255 e. The lowest BCUT2D eigenvalue weighted by atomic mass is 9.89. The van der Waals surface area contributed by atoms with Crippen LogP contribution in [0.4, 0.5) is 11.4 Å². The molecule has 2 N–H and O–H groups in total. The largest absolute Gasteiger partial charge is 0.371 e. The lowest BCUT2D eigenvalue weighted by Crippen LogP contribution is -2.36. The van der Waals surface area contributed by atoms with Crippen molar-refractivity contribution in [3.8, 4) is 0 Å². The molecular formula is C34H34ClN3O2. The predicted octanol–water partition coefficient (Wildman–Crippen LogP) is 7.02. The average Bonchev–Trinajstić information content (AvgIpc) is 2.98. The van der Waals surface area contributed by atoms with Gasteiger partial charge in [0.2, 0.25) is 0 Å². The van der Waals surface area contributed by atoms with Crippen LogP contribution < -0.4 is 15.5 Å². The van der Waals surface area contributed by atoms with Gasteiger partial charge in [-0.25, -0.2) is 0 Å². The lowest BCUT2D eigenvalue weighted by molar-refractivity contribution is 0.0953. The molecule has 5 nitrogen and oxygen atoms in total. The molecule has 0 unspecified atom stereocenters. The highest BCUT2D eigenvalue weighted by molar-refractivity contribution is 6.31. The molecule has 5 rings (SSSR count). The van der Waals surface area contributed by atoms with E-state index < -0.39 is 0 Å². The smallest absolute Gasteiger partial charge is 0.255 e. The number of halogens is 1. The summed E-state index contributed by atoms with van der Waals surface area (Å²) in [4.78, 5) is 28.7. The van der Waals surface area contributed by atoms with Crippen LogP contribution >= 0.6 is 11.6 Å². The number of anilines is 2. The van der Waals surface area contributed by atoms with Crippen molar-refractivity contribution in [3.05, 3.63) is 130 Å². The van der Waals surface area contributed by atoms with Crippen LogP contribution in [-0.4, -0.2) is 31.4 Å². The highest BCUT2D eigenvalue weighted by Crippen LogP contribution is 2.30. The van der Waals surface area contributed by atoms with Crippen molar-refractivity contribution in [2.45, 2.75) is 25.7 Å². The number of carbonyl (C=O) groups excluding carboxylic acids is 2. The predicted molar refractivity (Wildman–Crippen MR) is 163 cm³/mol. The van der Waals surface area contributed by atoms with Crippen LogP contribution in [-0.2, 0) is 12.8 Å². The SMILES string of the molecule is O=C(Nc1ccc(N2CCC(Cc3ccccc3)CC2)c(C(=O)NCCc2ccccc2)c1)c1cccc(Cl)c1. The molecule has 1 heterocycles. The Bertz CT molecular complexity index is 1430. The van der Waals surface area contributed by atoms with Crippen molar-refractivity contribution in [1.29, 1.82) is 0 Å². The van der Waals surface area contributed by atoms with Gasteiger partial charge in [-0.2, -0.15) is 0 Å². The minimum Gasteiger partial charge on any atom is -0.371 e. The molecule has 204 valence electrons. The molecule has 40 heavy (non-hydrogen) atoms. The van der Waals surface area contributed by atoms with E-state index in [1.165, 1.54) is 11.1 Å². The van der Waals surface area contributed by atoms with Crippen molar-refractivity contribution in [2.75, 3.05) is 29.9 Å². The first kappa shape index (κ1) is 27.5. The van der Waals surface area contributed by atoms with Crippen LogP contribution in [0.3, 0.4) is 0 Å². The number of rotatable bonds is 9. The second kappa shape index (κ2) is 13.3. The Morgan fingerprint density at radius 2 is 1.48 bits per heavy atom. The van der Waals surface area contributed by atoms with E-state index in [4.69, 9.17) is 11.6 Å². The molecule has 1 fully saturated rings. The Kier molecular flexibility index (Phi) is 9.15. The van der Waals surface area contributed by atoms with E-state index in [0.717, 1.165) is 44.5 Å². The Hall–Kier alpha value is -4.09. The Morgan fingerprint density at radius 3 is 2.17 bits per heavy atom. The van der Waals surface area contributed by atoms with E-state index >= 15 is 0 Å². The first-order valence-electron chi connectivity index (χ1n) is 13.9. The zero-order valence-corrected chi connectivity index (χ0v) is 23.2. The minimum atomic E-state index is -0.271. The van der Waals surface area contributed by atoms with Crippen molar-refractivity contribution >= 4 is 34.8 Å². The molecule has 0 bridgehead atoms. The molecule has 0 radical (unpaired) electrons. The van der Waals surface area contributed by atoms with Crippen molar-refractivity contribution in [1.82, 2.24) is 5.32 Å². The molecule has 0 aliphatic carbocycles. The first-order valence-corrected chi connectivity index (χ1v) is 14.2. The zero-order valence-electron chi connectivity index (χ0n) is 22.5. The van der Waals surface area contributed by atoms with Crippen LogP contribution in [0, 0.1) is 5.92 Å². The third-order valence-electron chi connectivity index (χ3n) is 7.45. The Balaban J connectivity index is 1.30. The molecule has 1 aliphatic rings. The summed E-state index contributed by atoms with van der Waals surface area (Å²) in [5.41, 5.74) is 5.05. The number of nitrogens with zero attached hydrogens (tertiary/aromatic N) is 1. The molecule has 6 heteroatoms. The normalized spacial score (nSPS) is 13.6. The summed E-state index contributed by atoms with van der Waals surface area (Å²) < 4.78 is 0. The number of benzene rings is 4. The van der Waals surface area contributed by atoms with Crippen LogP contribution in [0.15, 0.2) is 103 Å². The van der Waals surface area contributed by atoms with E-state index in [2.05, 4.69) is 58.0 Å². The summed E-state index contributed by atoms with van der Waals surface area (Å²) in [5, 5.41) is 6.52. The summed E-state index contributed by atoms with van der Waals surface area (Å²) in [6.45, 7) is 2.30. The van der Waals surface area contributed by atoms with Crippen molar-refractivity contribution < 1.29 is 9.59 Å². The van der Waals surface area contributed by atoms with Gasteiger partial charge in [-0.3, -0.25) is 9.59 Å². The fourth-order valence-corrected chi connectivity index (χ4v) is 5.48. The van der Waals surface area contributed by atoms with Crippen LogP contribution in [0.1, 0.15) is 44.7 Å². The number of hydrogen-bond donors (Lipinski definition) is 2. The van der Waals surface area contributed by atoms with Gasteiger partial charge in [0, 0.05) is 41.6 Å². The number of hydrogen-bond acceptors (Lipinski definition) is 3. The highest BCUT2D eigenvalue weighted by Gasteiger charge is 2.24. The van der Waals surface area contributed by atoms with E-state index in [-0.39, 0.29) is 11.8 Å². The van der Waals surface area contributed by atoms with Crippen LogP contribution in [0.25, 0.3) is 0 Å². The molecule has 2 amide bonds. The highest BCUT2D eigenvalue weighted by atomic mass is 35.5. The third kappa shape index (κ3) is 7.30. The second-order valence-corrected chi connectivity index (χ2v) is 10.7. The summed E-state index contributed by atoms with van der Waals surface area (Å²) in [6, 6.07) is 33.2. The zero-order chi connectivity index (χ0) is 27.7. The number of amides is 2. The topological polar surface area (TPSA) is 61.4 Å². The minimum absolute atomic E-state index is 0.142. The van der Waals surface area contributed by atoms with Gasteiger partial charge < -0.3 is 15.5 Å². The lowest BCUT2D eigenvalue weighted by Gasteiger charge is -2.35. The fraction of sp³-hybridized carbons (Fsp3) is 0.235. The van der Waals surface area contributed by atoms with E-state index in [0.29, 0.717) is 34.3 Å². The fourth-order valence-electron chi connectivity index (χ4n) is 5.29. The number of carbonyl (C=O) groups is 2. The van der Waals surface area contributed by atoms with Gasteiger partial charge in [0.25, 0.3) is 11.8 Å². The molecule has 4 aromatic rings. The first-order chi connectivity index (χ1) is 19.5. The maximum atomic E-state index is 13.5. The van der Waals surface area contributed by atoms with Gasteiger partial charge >= 0.3 is 0 Å². The Morgan fingerprint density at radius 1 is 0.775 bits per heavy atom. The van der Waals surface area contributed by atoms with E-state index in [1.807, 2.05) is 30.3 Å². The molecule has 4 aromatic carbocycles. The van der Waals surface area contributed by atoms with Crippen LogP contribution in [0.5, 0.6) is 0 Å². The standard InChI is InChI=1S/C34H34ClN3O2/c35-29-13-7-12-28(23-29)33(39)37-30-14-15-32(31(24-30)34(40)36-19-16-25-8-3-1-4-9-25)38-20-17-27(18-21-38)22-26-10-5-2-6-11-26/h1-15,23-24,27H,16-22H2,(H,36,40)(H,37,39). The van der Waals surface area contributed by atoms with Gasteiger partial charge in [0.05, 0.1) is 5.56 Å². The van der Waals surface area contributed by atoms with Gasteiger partial charge in [-0.1, -0.05) is 78.3 Å². The molecule has 0 aromatic heterocycles. The Labute approximate surface area is 241 Å². The summed E-state index contributed by atoms with van der Waals surface area (Å²) in [7, 11) is 0. The molecule has 0 atom stereocenters. The van der Waals surface area contributed by atoms with Gasteiger partial charge in [-0.15, -0.1) is 0 Å². The second-order valence-electron chi connectivity index (χ2n) is 10.3. The summed E-state index contributed by atoms with van der Waals surface area (Å²) in [6.07, 6.45) is 3.96. The third-order valence-corrected chi connectivity index (χ3v) is 7.69. The quantitative estimate of drug-likeness (QED) is 0.235. The van der Waals surface area contributed by atoms with Gasteiger partial charge in [0.1, 0.15) is 0 Å². The molecule has 1 saturated heterocycles. The number of nitrogens with one attached hydrogen (secondary N) is 2. The summed E-state index contributed by atoms with van der Waals surface area (Å²) in [5.74, 6) is 0.210. The molecular weight excluding hydrogens is 518 g/mol. The average molecular weight is 552 g/mol. The summed E-state index contributed by atoms with van der Waals surface area (Å²) >= 11 is 6.08. The van der Waals surface area contributed by atoms with Crippen molar-refractivity contribution in [3.63, 3.8) is 0 Å². The maximum absolute atomic E-state index is 13.5. The molecule has 1 aliphatic heterocycles. The van der Waals surface area contributed by atoms with Gasteiger partial charge in [0.15, 0.2) is 0 Å². The van der Waals surface area contributed by atoms with Crippen LogP contribution in [0.2, 0.25) is 5.02 Å². The van der Waals surface area contributed by atoms with Crippen molar-refractivity contribution in [2.24, 2.45) is 5.92 Å². The van der Waals surface area contributed by atoms with E-state index in [9.17, 15) is 9.59 Å².